The van der Waals surface area contributed by atoms with Crippen LogP contribution in [-0.4, -0.2) is 35.5 Å². The quantitative estimate of drug-likeness (QED) is 0.764. The van der Waals surface area contributed by atoms with Crippen LogP contribution in [0, 0.1) is 12.8 Å². The van der Waals surface area contributed by atoms with Gasteiger partial charge >= 0.3 is 6.18 Å². The van der Waals surface area contributed by atoms with E-state index >= 15 is 0 Å². The van der Waals surface area contributed by atoms with E-state index in [9.17, 15) is 18.0 Å². The van der Waals surface area contributed by atoms with Crippen LogP contribution in [0.4, 0.5) is 19.0 Å². The first kappa shape index (κ1) is 20.6. The molecular formula is C20H27F3N4O. The van der Waals surface area contributed by atoms with Crippen LogP contribution >= 0.6 is 0 Å². The lowest BCUT2D eigenvalue weighted by Crippen LogP contribution is -2.41. The van der Waals surface area contributed by atoms with E-state index in [2.05, 4.69) is 21.4 Å². The minimum Gasteiger partial charge on any atom is -0.356 e. The Hall–Kier alpha value is -2.12. The highest BCUT2D eigenvalue weighted by Gasteiger charge is 2.34. The number of nitrogens with one attached hydrogen (secondary N) is 1. The summed E-state index contributed by atoms with van der Waals surface area (Å²) in [6, 6.07) is 0.991. The Morgan fingerprint density at radius 2 is 2.00 bits per heavy atom. The number of aryl methyl sites for hydroxylation is 1. The highest BCUT2D eigenvalue weighted by atomic mass is 19.4. The topological polar surface area (TPSA) is 58.1 Å². The number of carbonyl (C=O) groups excluding carboxylic acids is 1. The van der Waals surface area contributed by atoms with Crippen LogP contribution in [-0.2, 0) is 11.0 Å². The standard InChI is InChI=1S/C20H27F3N4O/c1-14-25-17(20(21,22)23)13-18(26-14)27-11-8-16(9-12-27)19(28)24-10-7-15-5-3-2-4-6-15/h5,13,16H,2-4,6-12H2,1H3,(H,24,28). The molecule has 1 saturated heterocycles. The van der Waals surface area contributed by atoms with Crippen LogP contribution in [0.5, 0.6) is 0 Å². The van der Waals surface area contributed by atoms with Gasteiger partial charge in [0, 0.05) is 31.6 Å². The Morgan fingerprint density at radius 3 is 2.64 bits per heavy atom. The molecule has 0 spiro atoms. The molecule has 0 aromatic carbocycles. The maximum atomic E-state index is 13.0. The molecule has 154 valence electrons. The molecule has 1 aliphatic carbocycles. The Kier molecular flexibility index (Phi) is 6.57. The molecule has 28 heavy (non-hydrogen) atoms. The Bertz CT molecular complexity index is 725. The average Bonchev–Trinajstić information content (AvgIpc) is 2.68. The molecule has 1 amide bonds. The van der Waals surface area contributed by atoms with Crippen molar-refractivity contribution in [2.45, 2.75) is 58.0 Å². The van der Waals surface area contributed by atoms with Gasteiger partial charge in [-0.25, -0.2) is 9.97 Å². The minimum atomic E-state index is -4.49. The first-order valence-corrected chi connectivity index (χ1v) is 9.96. The number of rotatable bonds is 5. The van der Waals surface area contributed by atoms with Gasteiger partial charge in [0.25, 0.3) is 0 Å². The minimum absolute atomic E-state index is 0.0471. The maximum Gasteiger partial charge on any atom is 0.433 e. The van der Waals surface area contributed by atoms with Gasteiger partial charge in [0.15, 0.2) is 0 Å². The summed E-state index contributed by atoms with van der Waals surface area (Å²) in [4.78, 5) is 21.8. The molecule has 0 unspecified atom stereocenters. The highest BCUT2D eigenvalue weighted by molar-refractivity contribution is 5.79. The number of hydrogen-bond donors (Lipinski definition) is 1. The van der Waals surface area contributed by atoms with Gasteiger partial charge in [0.1, 0.15) is 17.3 Å². The zero-order valence-electron chi connectivity index (χ0n) is 16.2. The summed E-state index contributed by atoms with van der Waals surface area (Å²) < 4.78 is 38.9. The second-order valence-electron chi connectivity index (χ2n) is 7.57. The van der Waals surface area contributed by atoms with Crippen molar-refractivity contribution in [1.29, 1.82) is 0 Å². The molecule has 2 aliphatic rings. The largest absolute Gasteiger partial charge is 0.433 e. The maximum absolute atomic E-state index is 13.0. The molecule has 0 saturated carbocycles. The number of hydrogen-bond acceptors (Lipinski definition) is 4. The molecule has 1 aromatic heterocycles. The van der Waals surface area contributed by atoms with E-state index in [1.54, 1.807) is 4.90 Å². The van der Waals surface area contributed by atoms with Crippen LogP contribution in [0.3, 0.4) is 0 Å². The molecule has 0 atom stereocenters. The Labute approximate surface area is 163 Å². The van der Waals surface area contributed by atoms with E-state index in [1.165, 1.54) is 25.3 Å². The zero-order chi connectivity index (χ0) is 20.1. The summed E-state index contributed by atoms with van der Waals surface area (Å²) in [6.07, 6.45) is 4.68. The van der Waals surface area contributed by atoms with Crippen LogP contribution in [0.2, 0.25) is 0 Å². The molecule has 1 fully saturated rings. The second-order valence-corrected chi connectivity index (χ2v) is 7.57. The van der Waals surface area contributed by atoms with Crippen molar-refractivity contribution in [3.8, 4) is 0 Å². The number of halogens is 3. The first-order valence-electron chi connectivity index (χ1n) is 9.96. The third-order valence-electron chi connectivity index (χ3n) is 5.43. The monoisotopic (exact) mass is 396 g/mol. The third-order valence-corrected chi connectivity index (χ3v) is 5.43. The first-order chi connectivity index (χ1) is 13.3. The summed E-state index contributed by atoms with van der Waals surface area (Å²) in [7, 11) is 0. The molecule has 1 aliphatic heterocycles. The highest BCUT2D eigenvalue weighted by Crippen LogP contribution is 2.31. The van der Waals surface area contributed by atoms with Gasteiger partial charge in [-0.3, -0.25) is 4.79 Å². The van der Waals surface area contributed by atoms with Crippen molar-refractivity contribution in [2.24, 2.45) is 5.92 Å². The fourth-order valence-electron chi connectivity index (χ4n) is 3.85. The lowest BCUT2D eigenvalue weighted by molar-refractivity contribution is -0.141. The van der Waals surface area contributed by atoms with E-state index in [0.717, 1.165) is 25.3 Å². The number of aromatic nitrogens is 2. The van der Waals surface area contributed by atoms with Crippen molar-refractivity contribution in [3.63, 3.8) is 0 Å². The molecule has 1 N–H and O–H groups in total. The average molecular weight is 396 g/mol. The van der Waals surface area contributed by atoms with Gasteiger partial charge in [0.2, 0.25) is 5.91 Å². The van der Waals surface area contributed by atoms with Crippen LogP contribution < -0.4 is 10.2 Å². The SMILES string of the molecule is Cc1nc(N2CCC(C(=O)NCCC3=CCCCC3)CC2)cc(C(F)(F)F)n1. The lowest BCUT2D eigenvalue weighted by atomic mass is 9.95. The second kappa shape index (κ2) is 8.92. The predicted octanol–water partition coefficient (Wildman–Crippen LogP) is 4.03. The van der Waals surface area contributed by atoms with Crippen molar-refractivity contribution >= 4 is 11.7 Å². The normalized spacial score (nSPS) is 18.7. The van der Waals surface area contributed by atoms with Crippen LogP contribution in [0.25, 0.3) is 0 Å². The van der Waals surface area contributed by atoms with E-state index < -0.39 is 11.9 Å². The number of nitrogens with zero attached hydrogens (tertiary/aromatic N) is 3. The van der Waals surface area contributed by atoms with Crippen molar-refractivity contribution in [3.05, 3.63) is 29.2 Å². The van der Waals surface area contributed by atoms with E-state index in [0.29, 0.717) is 32.5 Å². The fraction of sp³-hybridized carbons (Fsp3) is 0.650. The number of alkyl halides is 3. The Balaban J connectivity index is 1.49. The van der Waals surface area contributed by atoms with Crippen molar-refractivity contribution < 1.29 is 18.0 Å². The lowest BCUT2D eigenvalue weighted by Gasteiger charge is -2.32. The summed E-state index contributed by atoms with van der Waals surface area (Å²) in [5.41, 5.74) is 0.507. The molecule has 2 heterocycles. The third kappa shape index (κ3) is 5.45. The summed E-state index contributed by atoms with van der Waals surface area (Å²) >= 11 is 0. The van der Waals surface area contributed by atoms with Gasteiger partial charge in [0.05, 0.1) is 0 Å². The summed E-state index contributed by atoms with van der Waals surface area (Å²) in [6.45, 7) is 3.14. The molecule has 3 rings (SSSR count). The number of anilines is 1. The molecule has 5 nitrogen and oxygen atoms in total. The van der Waals surface area contributed by atoms with E-state index in [4.69, 9.17) is 0 Å². The van der Waals surface area contributed by atoms with Gasteiger partial charge in [-0.05, 0) is 51.9 Å². The predicted molar refractivity (Wildman–Crippen MR) is 101 cm³/mol. The van der Waals surface area contributed by atoms with Gasteiger partial charge in [-0.2, -0.15) is 13.2 Å². The Morgan fingerprint density at radius 1 is 1.25 bits per heavy atom. The van der Waals surface area contributed by atoms with E-state index in [-0.39, 0.29) is 23.5 Å². The number of allylic oxidation sites excluding steroid dienone is 1. The molecule has 8 heteroatoms. The van der Waals surface area contributed by atoms with E-state index in [1.807, 2.05) is 0 Å². The molecule has 1 aromatic rings. The zero-order valence-corrected chi connectivity index (χ0v) is 16.2. The van der Waals surface area contributed by atoms with Crippen molar-refractivity contribution in [1.82, 2.24) is 15.3 Å². The number of amides is 1. The summed E-state index contributed by atoms with van der Waals surface area (Å²) in [5.74, 6) is 0.331. The van der Waals surface area contributed by atoms with Crippen molar-refractivity contribution in [2.75, 3.05) is 24.5 Å². The van der Waals surface area contributed by atoms with Gasteiger partial charge < -0.3 is 10.2 Å². The fourth-order valence-corrected chi connectivity index (χ4v) is 3.85. The molecule has 0 bridgehead atoms. The number of piperidine rings is 1. The van der Waals surface area contributed by atoms with Gasteiger partial charge in [-0.1, -0.05) is 11.6 Å². The van der Waals surface area contributed by atoms with Crippen LogP contribution in [0.1, 0.15) is 56.5 Å². The van der Waals surface area contributed by atoms with Crippen LogP contribution in [0.15, 0.2) is 17.7 Å². The number of carbonyl (C=O) groups is 1. The van der Waals surface area contributed by atoms with Gasteiger partial charge in [-0.15, -0.1) is 0 Å². The molecular weight excluding hydrogens is 369 g/mol. The summed E-state index contributed by atoms with van der Waals surface area (Å²) in [5, 5.41) is 3.02. The molecule has 0 radical (unpaired) electrons. The smallest absolute Gasteiger partial charge is 0.356 e.